The lowest BCUT2D eigenvalue weighted by Gasteiger charge is -2.12. The standard InChI is InChI=1S/C23H21N5O3S/c1-30-18-12-11-16(14-19(18)31-2)22-26-27-23(28(22)17-8-4-3-5-9-17)32-15-21(29)25-20-10-6-7-13-24-20/h3-14H,15H2,1-2H3,(H,24,25,29). The molecule has 0 saturated heterocycles. The Labute approximate surface area is 189 Å². The van der Waals surface area contributed by atoms with Crippen LogP contribution in [0.1, 0.15) is 0 Å². The van der Waals surface area contributed by atoms with Gasteiger partial charge in [-0.25, -0.2) is 4.98 Å². The molecule has 4 rings (SSSR count). The highest BCUT2D eigenvalue weighted by atomic mass is 32.2. The SMILES string of the molecule is COc1ccc(-c2nnc(SCC(=O)Nc3ccccn3)n2-c2ccccc2)cc1OC. The van der Waals surface area contributed by atoms with Crippen molar-refractivity contribution in [3.05, 3.63) is 72.9 Å². The molecular weight excluding hydrogens is 426 g/mol. The van der Waals surface area contributed by atoms with Crippen LogP contribution in [0.4, 0.5) is 5.82 Å². The number of carbonyl (C=O) groups is 1. The fourth-order valence-corrected chi connectivity index (χ4v) is 3.83. The van der Waals surface area contributed by atoms with Gasteiger partial charge in [-0.3, -0.25) is 9.36 Å². The molecule has 9 heteroatoms. The summed E-state index contributed by atoms with van der Waals surface area (Å²) in [5.74, 6) is 2.34. The van der Waals surface area contributed by atoms with Gasteiger partial charge in [0.1, 0.15) is 5.82 Å². The van der Waals surface area contributed by atoms with Crippen molar-refractivity contribution < 1.29 is 14.3 Å². The monoisotopic (exact) mass is 447 g/mol. The number of nitrogens with zero attached hydrogens (tertiary/aromatic N) is 4. The minimum Gasteiger partial charge on any atom is -0.493 e. The Morgan fingerprint density at radius 2 is 1.75 bits per heavy atom. The Morgan fingerprint density at radius 3 is 2.47 bits per heavy atom. The van der Waals surface area contributed by atoms with E-state index >= 15 is 0 Å². The summed E-state index contributed by atoms with van der Waals surface area (Å²) in [7, 11) is 3.18. The van der Waals surface area contributed by atoms with Gasteiger partial charge in [-0.1, -0.05) is 36.0 Å². The second kappa shape index (κ2) is 9.97. The van der Waals surface area contributed by atoms with Crippen molar-refractivity contribution in [1.82, 2.24) is 19.7 Å². The highest BCUT2D eigenvalue weighted by Crippen LogP contribution is 2.34. The lowest BCUT2D eigenvalue weighted by Crippen LogP contribution is -2.15. The first kappa shape index (κ1) is 21.4. The molecule has 2 aromatic heterocycles. The summed E-state index contributed by atoms with van der Waals surface area (Å²) >= 11 is 1.30. The van der Waals surface area contributed by atoms with Crippen LogP contribution in [0.2, 0.25) is 0 Å². The van der Waals surface area contributed by atoms with Crippen molar-refractivity contribution in [3.63, 3.8) is 0 Å². The lowest BCUT2D eigenvalue weighted by atomic mass is 10.2. The average Bonchev–Trinajstić information content (AvgIpc) is 3.27. The molecule has 0 fully saturated rings. The number of rotatable bonds is 8. The number of benzene rings is 2. The third-order valence-corrected chi connectivity index (χ3v) is 5.48. The highest BCUT2D eigenvalue weighted by Gasteiger charge is 2.19. The highest BCUT2D eigenvalue weighted by molar-refractivity contribution is 7.99. The first-order valence-corrected chi connectivity index (χ1v) is 10.7. The van der Waals surface area contributed by atoms with E-state index in [9.17, 15) is 4.79 Å². The minimum absolute atomic E-state index is 0.160. The summed E-state index contributed by atoms with van der Waals surface area (Å²) in [5.41, 5.74) is 1.69. The molecule has 0 unspecified atom stereocenters. The number of nitrogens with one attached hydrogen (secondary N) is 1. The van der Waals surface area contributed by atoms with Gasteiger partial charge in [0.25, 0.3) is 0 Å². The third-order valence-electron chi connectivity index (χ3n) is 4.55. The Morgan fingerprint density at radius 1 is 0.969 bits per heavy atom. The summed E-state index contributed by atoms with van der Waals surface area (Å²) in [6.07, 6.45) is 1.63. The van der Waals surface area contributed by atoms with E-state index in [1.807, 2.05) is 59.2 Å². The van der Waals surface area contributed by atoms with Gasteiger partial charge in [-0.2, -0.15) is 0 Å². The minimum atomic E-state index is -0.177. The van der Waals surface area contributed by atoms with Gasteiger partial charge in [0, 0.05) is 17.4 Å². The second-order valence-electron chi connectivity index (χ2n) is 6.60. The maximum Gasteiger partial charge on any atom is 0.236 e. The molecule has 0 aliphatic rings. The Balaban J connectivity index is 1.64. The molecule has 8 nitrogen and oxygen atoms in total. The molecule has 0 bridgehead atoms. The molecule has 162 valence electrons. The van der Waals surface area contributed by atoms with Gasteiger partial charge in [-0.15, -0.1) is 10.2 Å². The summed E-state index contributed by atoms with van der Waals surface area (Å²) in [5, 5.41) is 12.1. The van der Waals surface area contributed by atoms with Gasteiger partial charge >= 0.3 is 0 Å². The number of carbonyl (C=O) groups excluding carboxylic acids is 1. The van der Waals surface area contributed by atoms with E-state index in [-0.39, 0.29) is 11.7 Å². The molecule has 0 aliphatic carbocycles. The molecule has 0 radical (unpaired) electrons. The first-order chi connectivity index (χ1) is 15.7. The predicted octanol–water partition coefficient (Wildman–Crippen LogP) is 4.08. The van der Waals surface area contributed by atoms with Gasteiger partial charge in [-0.05, 0) is 42.5 Å². The fraction of sp³-hybridized carbons (Fsp3) is 0.130. The number of pyridine rings is 1. The number of anilines is 1. The van der Waals surface area contributed by atoms with E-state index in [1.54, 1.807) is 32.5 Å². The zero-order valence-electron chi connectivity index (χ0n) is 17.6. The van der Waals surface area contributed by atoms with Crippen LogP contribution in [0.3, 0.4) is 0 Å². The number of aromatic nitrogens is 4. The third kappa shape index (κ3) is 4.73. The van der Waals surface area contributed by atoms with Crippen molar-refractivity contribution in [1.29, 1.82) is 0 Å². The van der Waals surface area contributed by atoms with Crippen molar-refractivity contribution in [2.45, 2.75) is 5.16 Å². The van der Waals surface area contributed by atoms with Gasteiger partial charge in [0.05, 0.1) is 20.0 Å². The Kier molecular flexibility index (Phi) is 6.66. The number of thioether (sulfide) groups is 1. The van der Waals surface area contributed by atoms with Crippen LogP contribution in [0.15, 0.2) is 78.1 Å². The summed E-state index contributed by atoms with van der Waals surface area (Å²) in [6.45, 7) is 0. The predicted molar refractivity (Wildman–Crippen MR) is 123 cm³/mol. The van der Waals surface area contributed by atoms with Crippen LogP contribution in [0.5, 0.6) is 11.5 Å². The van der Waals surface area contributed by atoms with Gasteiger partial charge in [0.15, 0.2) is 22.5 Å². The maximum atomic E-state index is 12.4. The van der Waals surface area contributed by atoms with Crippen LogP contribution >= 0.6 is 11.8 Å². The number of methoxy groups -OCH3 is 2. The molecule has 32 heavy (non-hydrogen) atoms. The number of hydrogen-bond donors (Lipinski definition) is 1. The summed E-state index contributed by atoms with van der Waals surface area (Å²) in [6, 6.07) is 20.7. The normalized spacial score (nSPS) is 10.6. The maximum absolute atomic E-state index is 12.4. The zero-order valence-corrected chi connectivity index (χ0v) is 18.4. The van der Waals surface area contributed by atoms with Crippen molar-refractivity contribution in [3.8, 4) is 28.6 Å². The Bertz CT molecular complexity index is 1200. The van der Waals surface area contributed by atoms with E-state index in [4.69, 9.17) is 9.47 Å². The lowest BCUT2D eigenvalue weighted by molar-refractivity contribution is -0.113. The molecule has 2 aromatic carbocycles. The number of hydrogen-bond acceptors (Lipinski definition) is 7. The van der Waals surface area contributed by atoms with Crippen LogP contribution in [0.25, 0.3) is 17.1 Å². The number of para-hydroxylation sites is 1. The molecule has 1 N–H and O–H groups in total. The summed E-state index contributed by atoms with van der Waals surface area (Å²) < 4.78 is 12.7. The molecular formula is C23H21N5O3S. The van der Waals surface area contributed by atoms with E-state index < -0.39 is 0 Å². The number of amides is 1. The number of ether oxygens (including phenoxy) is 2. The molecule has 0 saturated carbocycles. The fourth-order valence-electron chi connectivity index (χ4n) is 3.08. The van der Waals surface area contributed by atoms with Crippen LogP contribution in [-0.4, -0.2) is 45.6 Å². The van der Waals surface area contributed by atoms with Crippen LogP contribution in [0, 0.1) is 0 Å². The molecule has 1 amide bonds. The quantitative estimate of drug-likeness (QED) is 0.407. The van der Waals surface area contributed by atoms with Gasteiger partial charge < -0.3 is 14.8 Å². The van der Waals surface area contributed by atoms with Gasteiger partial charge in [0.2, 0.25) is 5.91 Å². The zero-order chi connectivity index (χ0) is 22.3. The smallest absolute Gasteiger partial charge is 0.236 e. The first-order valence-electron chi connectivity index (χ1n) is 9.76. The van der Waals surface area contributed by atoms with Crippen molar-refractivity contribution >= 4 is 23.5 Å². The van der Waals surface area contributed by atoms with Crippen molar-refractivity contribution in [2.75, 3.05) is 25.3 Å². The molecule has 2 heterocycles. The van der Waals surface area contributed by atoms with E-state index in [1.165, 1.54) is 11.8 Å². The van der Waals surface area contributed by atoms with E-state index in [0.717, 1.165) is 11.3 Å². The molecule has 0 atom stereocenters. The van der Waals surface area contributed by atoms with E-state index in [2.05, 4.69) is 20.5 Å². The van der Waals surface area contributed by atoms with Crippen molar-refractivity contribution in [2.24, 2.45) is 0 Å². The molecule has 0 aliphatic heterocycles. The Hall–Kier alpha value is -3.85. The summed E-state index contributed by atoms with van der Waals surface area (Å²) in [4.78, 5) is 16.5. The van der Waals surface area contributed by atoms with Crippen LogP contribution in [-0.2, 0) is 4.79 Å². The average molecular weight is 448 g/mol. The largest absolute Gasteiger partial charge is 0.493 e. The van der Waals surface area contributed by atoms with E-state index in [0.29, 0.717) is 28.3 Å². The topological polar surface area (TPSA) is 91.2 Å². The molecule has 0 spiro atoms. The molecule has 4 aromatic rings. The second-order valence-corrected chi connectivity index (χ2v) is 7.54. The van der Waals surface area contributed by atoms with Crippen LogP contribution < -0.4 is 14.8 Å².